The van der Waals surface area contributed by atoms with E-state index < -0.39 is 0 Å². The first-order valence-corrected chi connectivity index (χ1v) is 10.5. The molecule has 0 fully saturated rings. The summed E-state index contributed by atoms with van der Waals surface area (Å²) in [6, 6.07) is 6.11. The van der Waals surface area contributed by atoms with Crippen LogP contribution >= 0.6 is 23.7 Å². The molecule has 1 amide bonds. The highest BCUT2D eigenvalue weighted by Gasteiger charge is 2.24. The van der Waals surface area contributed by atoms with Gasteiger partial charge in [-0.05, 0) is 78.0 Å². The summed E-state index contributed by atoms with van der Waals surface area (Å²) in [5.41, 5.74) is 4.82. The number of carbonyl (C=O) groups excluding carboxylic acids is 1. The second-order valence-corrected chi connectivity index (χ2v) is 8.50. The van der Waals surface area contributed by atoms with Crippen molar-refractivity contribution in [2.45, 2.75) is 40.7 Å². The van der Waals surface area contributed by atoms with Crippen LogP contribution in [0, 0.1) is 20.8 Å². The lowest BCUT2D eigenvalue weighted by Crippen LogP contribution is -2.33. The standard InChI is InChI=1S/C21H29N5OS.ClH/c1-7-26-16(4)13-18(23-26)20(27)25(10-8-9-24(5)6)21-22-17-12-14(2)11-15(3)19(17)28-21;/h11-13H,7-10H2,1-6H3;1H. The third kappa shape index (κ3) is 5.15. The fourth-order valence-corrected chi connectivity index (χ4v) is 4.42. The minimum atomic E-state index is -0.0810. The average Bonchev–Trinajstić information content (AvgIpc) is 3.21. The third-order valence-electron chi connectivity index (χ3n) is 4.77. The molecule has 0 aliphatic rings. The number of hydrogen-bond donors (Lipinski definition) is 0. The van der Waals surface area contributed by atoms with Crippen LogP contribution in [0.5, 0.6) is 0 Å². The lowest BCUT2D eigenvalue weighted by atomic mass is 10.1. The van der Waals surface area contributed by atoms with Crippen molar-refractivity contribution < 1.29 is 4.79 Å². The minimum Gasteiger partial charge on any atom is -0.309 e. The molecular formula is C21H30ClN5OS. The maximum absolute atomic E-state index is 13.3. The number of halogens is 1. The number of carbonyl (C=O) groups is 1. The van der Waals surface area contributed by atoms with E-state index in [0.717, 1.165) is 40.6 Å². The molecule has 0 unspecified atom stereocenters. The molecular weight excluding hydrogens is 406 g/mol. The van der Waals surface area contributed by atoms with Gasteiger partial charge in [0.25, 0.3) is 5.91 Å². The van der Waals surface area contributed by atoms with Crippen LogP contribution in [0.2, 0.25) is 0 Å². The Balaban J connectivity index is 0.00000300. The molecule has 0 bridgehead atoms. The van der Waals surface area contributed by atoms with Gasteiger partial charge in [-0.25, -0.2) is 4.98 Å². The van der Waals surface area contributed by atoms with Crippen LogP contribution in [-0.2, 0) is 6.54 Å². The second-order valence-electron chi connectivity index (χ2n) is 7.53. The average molecular weight is 436 g/mol. The van der Waals surface area contributed by atoms with Gasteiger partial charge >= 0.3 is 0 Å². The van der Waals surface area contributed by atoms with E-state index in [0.29, 0.717) is 12.2 Å². The number of thiazole rings is 1. The number of nitrogens with zero attached hydrogens (tertiary/aromatic N) is 5. The predicted octanol–water partition coefficient (Wildman–Crippen LogP) is 4.46. The van der Waals surface area contributed by atoms with Crippen LogP contribution in [0.1, 0.15) is 40.7 Å². The maximum atomic E-state index is 13.3. The highest BCUT2D eigenvalue weighted by Crippen LogP contribution is 2.33. The van der Waals surface area contributed by atoms with Gasteiger partial charge in [0.2, 0.25) is 0 Å². The first-order valence-electron chi connectivity index (χ1n) is 9.69. The summed E-state index contributed by atoms with van der Waals surface area (Å²) >= 11 is 1.59. The molecule has 0 N–H and O–H groups in total. The van der Waals surface area contributed by atoms with E-state index >= 15 is 0 Å². The highest BCUT2D eigenvalue weighted by molar-refractivity contribution is 7.22. The number of aromatic nitrogens is 3. The quantitative estimate of drug-likeness (QED) is 0.549. The molecule has 6 nitrogen and oxygen atoms in total. The number of amides is 1. The van der Waals surface area contributed by atoms with Crippen LogP contribution in [0.4, 0.5) is 5.13 Å². The molecule has 0 saturated carbocycles. The summed E-state index contributed by atoms with van der Waals surface area (Å²) in [4.78, 5) is 22.1. The van der Waals surface area contributed by atoms with Crippen LogP contribution in [-0.4, -0.2) is 52.8 Å². The van der Waals surface area contributed by atoms with Gasteiger partial charge in [0, 0.05) is 18.8 Å². The minimum absolute atomic E-state index is 0. The van der Waals surface area contributed by atoms with Gasteiger partial charge in [0.1, 0.15) is 0 Å². The molecule has 3 rings (SSSR count). The van der Waals surface area contributed by atoms with Crippen molar-refractivity contribution in [3.05, 3.63) is 40.7 Å². The van der Waals surface area contributed by atoms with Crippen LogP contribution < -0.4 is 4.90 Å². The molecule has 0 spiro atoms. The molecule has 1 aromatic carbocycles. The molecule has 2 aromatic heterocycles. The third-order valence-corrected chi connectivity index (χ3v) is 6.00. The lowest BCUT2D eigenvalue weighted by molar-refractivity contribution is 0.0980. The summed E-state index contributed by atoms with van der Waals surface area (Å²) in [5, 5.41) is 5.24. The number of anilines is 1. The van der Waals surface area contributed by atoms with Crippen LogP contribution in [0.15, 0.2) is 18.2 Å². The summed E-state index contributed by atoms with van der Waals surface area (Å²) in [5.74, 6) is -0.0810. The summed E-state index contributed by atoms with van der Waals surface area (Å²) < 4.78 is 3.00. The van der Waals surface area contributed by atoms with Crippen molar-refractivity contribution in [2.24, 2.45) is 0 Å². The van der Waals surface area contributed by atoms with Crippen molar-refractivity contribution >= 4 is 45.0 Å². The van der Waals surface area contributed by atoms with Gasteiger partial charge in [-0.1, -0.05) is 17.4 Å². The van der Waals surface area contributed by atoms with Crippen molar-refractivity contribution in [3.63, 3.8) is 0 Å². The van der Waals surface area contributed by atoms with Crippen LogP contribution in [0.3, 0.4) is 0 Å². The van der Waals surface area contributed by atoms with E-state index in [-0.39, 0.29) is 18.3 Å². The highest BCUT2D eigenvalue weighted by atomic mass is 35.5. The molecule has 29 heavy (non-hydrogen) atoms. The van der Waals surface area contributed by atoms with Crippen LogP contribution in [0.25, 0.3) is 10.2 Å². The van der Waals surface area contributed by atoms with E-state index in [9.17, 15) is 4.79 Å². The zero-order valence-corrected chi connectivity index (χ0v) is 19.7. The zero-order valence-electron chi connectivity index (χ0n) is 18.0. The Kier molecular flexibility index (Phi) is 7.80. The molecule has 3 aromatic rings. The van der Waals surface area contributed by atoms with E-state index in [4.69, 9.17) is 4.98 Å². The van der Waals surface area contributed by atoms with E-state index in [1.165, 1.54) is 11.1 Å². The number of aryl methyl sites for hydroxylation is 4. The van der Waals surface area contributed by atoms with Crippen molar-refractivity contribution in [3.8, 4) is 0 Å². The second kappa shape index (κ2) is 9.69. The topological polar surface area (TPSA) is 54.3 Å². The monoisotopic (exact) mass is 435 g/mol. The molecule has 2 heterocycles. The van der Waals surface area contributed by atoms with E-state index in [1.807, 2.05) is 38.7 Å². The molecule has 0 radical (unpaired) electrons. The summed E-state index contributed by atoms with van der Waals surface area (Å²) in [6.45, 7) is 10.5. The van der Waals surface area contributed by atoms with Gasteiger partial charge in [-0.3, -0.25) is 14.4 Å². The first-order chi connectivity index (χ1) is 13.3. The van der Waals surface area contributed by atoms with Gasteiger partial charge in [-0.15, -0.1) is 12.4 Å². The predicted molar refractivity (Wildman–Crippen MR) is 124 cm³/mol. The van der Waals surface area contributed by atoms with Crippen molar-refractivity contribution in [1.82, 2.24) is 19.7 Å². The Labute approximate surface area is 182 Å². The summed E-state index contributed by atoms with van der Waals surface area (Å²) in [7, 11) is 4.09. The van der Waals surface area contributed by atoms with Gasteiger partial charge < -0.3 is 4.90 Å². The van der Waals surface area contributed by atoms with Gasteiger partial charge in [0.05, 0.1) is 10.2 Å². The zero-order chi connectivity index (χ0) is 20.4. The smallest absolute Gasteiger partial charge is 0.280 e. The normalized spacial score (nSPS) is 11.1. The largest absolute Gasteiger partial charge is 0.309 e. The number of rotatable bonds is 7. The van der Waals surface area contributed by atoms with Crippen molar-refractivity contribution in [1.29, 1.82) is 0 Å². The number of hydrogen-bond acceptors (Lipinski definition) is 5. The number of benzene rings is 1. The SMILES string of the molecule is CCn1nc(C(=O)N(CCCN(C)C)c2nc3cc(C)cc(C)c3s2)cc1C.Cl. The molecule has 158 valence electrons. The first kappa shape index (κ1) is 23.3. The molecule has 0 saturated heterocycles. The van der Waals surface area contributed by atoms with Gasteiger partial charge in [-0.2, -0.15) is 5.10 Å². The Morgan fingerprint density at radius 3 is 2.48 bits per heavy atom. The molecule has 8 heteroatoms. The lowest BCUT2D eigenvalue weighted by Gasteiger charge is -2.20. The Hall–Kier alpha value is -1.96. The Morgan fingerprint density at radius 2 is 1.86 bits per heavy atom. The molecule has 0 atom stereocenters. The van der Waals surface area contributed by atoms with E-state index in [2.05, 4.69) is 36.0 Å². The molecule has 0 aliphatic heterocycles. The Morgan fingerprint density at radius 1 is 1.14 bits per heavy atom. The fourth-order valence-electron chi connectivity index (χ4n) is 3.38. The van der Waals surface area contributed by atoms with Crippen molar-refractivity contribution in [2.75, 3.05) is 32.1 Å². The number of fused-ring (bicyclic) bond motifs is 1. The fraction of sp³-hybridized carbons (Fsp3) is 0.476. The Bertz CT molecular complexity index is 995. The van der Waals surface area contributed by atoms with E-state index in [1.54, 1.807) is 16.2 Å². The maximum Gasteiger partial charge on any atom is 0.280 e. The molecule has 0 aliphatic carbocycles. The summed E-state index contributed by atoms with van der Waals surface area (Å²) in [6.07, 6.45) is 0.875. The van der Waals surface area contributed by atoms with Gasteiger partial charge in [0.15, 0.2) is 10.8 Å².